The summed E-state index contributed by atoms with van der Waals surface area (Å²) in [5.74, 6) is 0.136. The Morgan fingerprint density at radius 1 is 1.42 bits per heavy atom. The summed E-state index contributed by atoms with van der Waals surface area (Å²) in [4.78, 5) is 18.3. The van der Waals surface area contributed by atoms with Crippen molar-refractivity contribution in [2.45, 2.75) is 31.8 Å². The molecule has 0 unspecified atom stereocenters. The predicted molar refractivity (Wildman–Crippen MR) is 69.1 cm³/mol. The van der Waals surface area contributed by atoms with Gasteiger partial charge in [0.1, 0.15) is 6.54 Å². The lowest BCUT2D eigenvalue weighted by molar-refractivity contribution is -0.135. The Morgan fingerprint density at radius 2 is 2.37 bits per heavy atom. The van der Waals surface area contributed by atoms with Crippen LogP contribution in [0.5, 0.6) is 0 Å². The first-order valence-corrected chi connectivity index (χ1v) is 6.59. The number of likely N-dealkylation sites (tertiary alicyclic amines) is 1. The molecule has 1 atom stereocenters. The summed E-state index contributed by atoms with van der Waals surface area (Å²) >= 11 is 0. The predicted octanol–water partition coefficient (Wildman–Crippen LogP) is 1.36. The van der Waals surface area contributed by atoms with Gasteiger partial charge < -0.3 is 9.47 Å². The van der Waals surface area contributed by atoms with Gasteiger partial charge in [-0.3, -0.25) is 9.89 Å². The molecule has 6 heteroatoms. The van der Waals surface area contributed by atoms with Crippen LogP contribution in [0.15, 0.2) is 31.0 Å². The van der Waals surface area contributed by atoms with E-state index < -0.39 is 0 Å². The number of aromatic nitrogens is 4. The standard InChI is InChI=1S/C13H17N5O/c19-13(9-17-8-6-14-10-17)18-7-2-1-3-12(18)11-4-5-15-16-11/h4-6,8,10,12H,1-3,7,9H2,(H,15,16)/t12-/m1/s1. The van der Waals surface area contributed by atoms with Crippen LogP contribution in [0, 0.1) is 0 Å². The number of piperidine rings is 1. The molecule has 1 saturated heterocycles. The molecule has 2 aromatic rings. The van der Waals surface area contributed by atoms with Crippen LogP contribution >= 0.6 is 0 Å². The molecule has 0 bridgehead atoms. The van der Waals surface area contributed by atoms with Gasteiger partial charge in [-0.15, -0.1) is 0 Å². The van der Waals surface area contributed by atoms with E-state index in [9.17, 15) is 4.79 Å². The number of nitrogens with one attached hydrogen (secondary N) is 1. The Labute approximate surface area is 111 Å². The molecule has 0 aliphatic carbocycles. The van der Waals surface area contributed by atoms with Crippen molar-refractivity contribution in [2.75, 3.05) is 6.54 Å². The molecule has 2 aromatic heterocycles. The number of rotatable bonds is 3. The van der Waals surface area contributed by atoms with E-state index >= 15 is 0 Å². The Morgan fingerprint density at radius 3 is 3.11 bits per heavy atom. The van der Waals surface area contributed by atoms with Gasteiger partial charge in [-0.25, -0.2) is 4.98 Å². The molecule has 0 radical (unpaired) electrons. The van der Waals surface area contributed by atoms with Gasteiger partial charge in [-0.2, -0.15) is 5.10 Å². The molecule has 1 fully saturated rings. The van der Waals surface area contributed by atoms with Crippen LogP contribution in [0.2, 0.25) is 0 Å². The monoisotopic (exact) mass is 259 g/mol. The molecular weight excluding hydrogens is 242 g/mol. The minimum Gasteiger partial charge on any atom is -0.333 e. The average Bonchev–Trinajstić information content (AvgIpc) is 3.11. The molecule has 1 N–H and O–H groups in total. The van der Waals surface area contributed by atoms with Crippen LogP contribution in [-0.2, 0) is 11.3 Å². The molecule has 1 amide bonds. The van der Waals surface area contributed by atoms with Gasteiger partial charge >= 0.3 is 0 Å². The molecule has 0 aromatic carbocycles. The second kappa shape index (κ2) is 5.26. The maximum absolute atomic E-state index is 12.4. The maximum Gasteiger partial charge on any atom is 0.243 e. The number of hydrogen-bond donors (Lipinski definition) is 1. The normalized spacial score (nSPS) is 19.6. The number of carbonyl (C=O) groups is 1. The largest absolute Gasteiger partial charge is 0.333 e. The van der Waals surface area contributed by atoms with E-state index in [0.29, 0.717) is 6.54 Å². The third-order valence-electron chi connectivity index (χ3n) is 3.58. The third kappa shape index (κ3) is 2.52. The van der Waals surface area contributed by atoms with Crippen LogP contribution in [0.4, 0.5) is 0 Å². The molecule has 1 aliphatic rings. The average molecular weight is 259 g/mol. The number of carbonyl (C=O) groups excluding carboxylic acids is 1. The fraction of sp³-hybridized carbons (Fsp3) is 0.462. The van der Waals surface area contributed by atoms with Gasteiger partial charge in [0, 0.05) is 25.1 Å². The van der Waals surface area contributed by atoms with E-state index in [1.165, 1.54) is 0 Å². The number of imidazole rings is 1. The summed E-state index contributed by atoms with van der Waals surface area (Å²) in [6.07, 6.45) is 10.1. The molecule has 100 valence electrons. The fourth-order valence-corrected chi connectivity index (χ4v) is 2.63. The second-order valence-electron chi connectivity index (χ2n) is 4.85. The van der Waals surface area contributed by atoms with Crippen molar-refractivity contribution >= 4 is 5.91 Å². The zero-order valence-electron chi connectivity index (χ0n) is 10.7. The minimum absolute atomic E-state index is 0.132. The van der Waals surface area contributed by atoms with E-state index in [1.54, 1.807) is 23.3 Å². The van der Waals surface area contributed by atoms with Gasteiger partial charge in [-0.05, 0) is 25.3 Å². The lowest BCUT2D eigenvalue weighted by Crippen LogP contribution is -2.40. The Bertz CT molecular complexity index is 519. The van der Waals surface area contributed by atoms with Crippen molar-refractivity contribution in [3.05, 3.63) is 36.7 Å². The first-order valence-electron chi connectivity index (χ1n) is 6.59. The maximum atomic E-state index is 12.4. The van der Waals surface area contributed by atoms with Crippen molar-refractivity contribution in [1.82, 2.24) is 24.6 Å². The third-order valence-corrected chi connectivity index (χ3v) is 3.58. The van der Waals surface area contributed by atoms with Crippen LogP contribution in [-0.4, -0.2) is 37.1 Å². The van der Waals surface area contributed by atoms with E-state index in [0.717, 1.165) is 31.5 Å². The molecule has 0 saturated carbocycles. The molecule has 6 nitrogen and oxygen atoms in total. The zero-order chi connectivity index (χ0) is 13.1. The smallest absolute Gasteiger partial charge is 0.243 e. The van der Waals surface area contributed by atoms with Crippen molar-refractivity contribution in [3.8, 4) is 0 Å². The van der Waals surface area contributed by atoms with Gasteiger partial charge in [-0.1, -0.05) is 0 Å². The highest BCUT2D eigenvalue weighted by Crippen LogP contribution is 2.29. The van der Waals surface area contributed by atoms with Crippen molar-refractivity contribution in [3.63, 3.8) is 0 Å². The Balaban J connectivity index is 1.75. The molecule has 19 heavy (non-hydrogen) atoms. The molecule has 0 spiro atoms. The number of hydrogen-bond acceptors (Lipinski definition) is 3. The minimum atomic E-state index is 0.132. The Hall–Kier alpha value is -2.11. The SMILES string of the molecule is O=C(Cn1ccnc1)N1CCCC[C@@H]1c1ccn[nH]1. The van der Waals surface area contributed by atoms with E-state index in [-0.39, 0.29) is 11.9 Å². The molecule has 3 heterocycles. The summed E-state index contributed by atoms with van der Waals surface area (Å²) in [6.45, 7) is 1.17. The first kappa shape index (κ1) is 12.0. The van der Waals surface area contributed by atoms with Crippen LogP contribution < -0.4 is 0 Å². The summed E-state index contributed by atoms with van der Waals surface area (Å²) in [5, 5.41) is 6.98. The first-order chi connectivity index (χ1) is 9.34. The van der Waals surface area contributed by atoms with E-state index in [2.05, 4.69) is 15.2 Å². The topological polar surface area (TPSA) is 66.8 Å². The van der Waals surface area contributed by atoms with Crippen molar-refractivity contribution < 1.29 is 4.79 Å². The molecule has 3 rings (SSSR count). The number of amides is 1. The van der Waals surface area contributed by atoms with Crippen LogP contribution in [0.1, 0.15) is 31.0 Å². The quantitative estimate of drug-likeness (QED) is 0.905. The number of aromatic amines is 1. The highest BCUT2D eigenvalue weighted by molar-refractivity contribution is 5.76. The molecule has 1 aliphatic heterocycles. The second-order valence-corrected chi connectivity index (χ2v) is 4.85. The van der Waals surface area contributed by atoms with Gasteiger partial charge in [0.05, 0.1) is 18.1 Å². The lowest BCUT2D eigenvalue weighted by Gasteiger charge is -2.35. The lowest BCUT2D eigenvalue weighted by atomic mass is 9.99. The highest BCUT2D eigenvalue weighted by atomic mass is 16.2. The van der Waals surface area contributed by atoms with Gasteiger partial charge in [0.25, 0.3) is 0 Å². The van der Waals surface area contributed by atoms with Crippen LogP contribution in [0.25, 0.3) is 0 Å². The van der Waals surface area contributed by atoms with Gasteiger partial charge in [0.15, 0.2) is 0 Å². The zero-order valence-corrected chi connectivity index (χ0v) is 10.7. The van der Waals surface area contributed by atoms with Crippen molar-refractivity contribution in [1.29, 1.82) is 0 Å². The van der Waals surface area contributed by atoms with Crippen molar-refractivity contribution in [2.24, 2.45) is 0 Å². The summed E-state index contributed by atoms with van der Waals surface area (Å²) in [6, 6.07) is 2.08. The molecular formula is C13H17N5O. The van der Waals surface area contributed by atoms with Crippen LogP contribution in [0.3, 0.4) is 0 Å². The van der Waals surface area contributed by atoms with E-state index in [4.69, 9.17) is 0 Å². The summed E-state index contributed by atoms with van der Waals surface area (Å²) in [7, 11) is 0. The Kier molecular flexibility index (Phi) is 3.31. The van der Waals surface area contributed by atoms with E-state index in [1.807, 2.05) is 17.2 Å². The number of nitrogens with zero attached hydrogens (tertiary/aromatic N) is 4. The summed E-state index contributed by atoms with van der Waals surface area (Å²) < 4.78 is 1.81. The van der Waals surface area contributed by atoms with Gasteiger partial charge in [0.2, 0.25) is 5.91 Å². The summed E-state index contributed by atoms with van der Waals surface area (Å²) in [5.41, 5.74) is 1.03. The number of H-pyrrole nitrogens is 1. The fourth-order valence-electron chi connectivity index (χ4n) is 2.63. The highest BCUT2D eigenvalue weighted by Gasteiger charge is 2.28.